The van der Waals surface area contributed by atoms with Crippen LogP contribution >= 0.6 is 0 Å². The number of hydrogen-bond donors (Lipinski definition) is 2. The van der Waals surface area contributed by atoms with E-state index in [4.69, 9.17) is 0 Å². The fraction of sp³-hybridized carbons (Fsp3) is 0.900. The zero-order valence-electron chi connectivity index (χ0n) is 18.4. The molecule has 0 unspecified atom stereocenters. The van der Waals surface area contributed by atoms with Gasteiger partial charge in [-0.15, -0.1) is 0 Å². The molecule has 2 N–H and O–H groups in total. The molecule has 0 aromatic rings. The van der Waals surface area contributed by atoms with Crippen LogP contribution in [0.3, 0.4) is 0 Å². The maximum absolute atomic E-state index is 11.1. The van der Waals surface area contributed by atoms with Crippen molar-refractivity contribution in [2.75, 3.05) is 80.2 Å². The molecule has 0 heterocycles. The zero-order chi connectivity index (χ0) is 21.0. The van der Waals surface area contributed by atoms with Crippen molar-refractivity contribution < 1.29 is 19.1 Å². The number of esters is 2. The Labute approximate surface area is 171 Å². The highest BCUT2D eigenvalue weighted by atomic mass is 16.5. The molecular weight excluding hydrogens is 360 g/mol. The first kappa shape index (κ1) is 26.8. The molecule has 0 bridgehead atoms. The van der Waals surface area contributed by atoms with E-state index in [1.54, 1.807) is 0 Å². The second-order valence-corrected chi connectivity index (χ2v) is 7.00. The third-order valence-corrected chi connectivity index (χ3v) is 4.62. The lowest BCUT2D eigenvalue weighted by Gasteiger charge is -2.26. The van der Waals surface area contributed by atoms with Crippen LogP contribution in [0.1, 0.15) is 39.0 Å². The van der Waals surface area contributed by atoms with E-state index in [0.717, 1.165) is 45.8 Å². The Kier molecular flexibility index (Phi) is 18.3. The summed E-state index contributed by atoms with van der Waals surface area (Å²) in [7, 11) is 4.96. The van der Waals surface area contributed by atoms with E-state index in [2.05, 4.69) is 43.9 Å². The van der Waals surface area contributed by atoms with E-state index in [1.165, 1.54) is 33.5 Å². The van der Waals surface area contributed by atoms with Crippen molar-refractivity contribution in [2.45, 2.75) is 39.0 Å². The number of ether oxygens (including phenoxy) is 2. The number of nitrogens with zero attached hydrogens (tertiary/aromatic N) is 2. The lowest BCUT2D eigenvalue weighted by atomic mass is 10.2. The molecule has 0 saturated carbocycles. The number of rotatable bonds is 19. The van der Waals surface area contributed by atoms with Gasteiger partial charge in [-0.3, -0.25) is 9.59 Å². The molecule has 0 fully saturated rings. The number of unbranched alkanes of at least 4 members (excludes halogenated alkanes) is 2. The van der Waals surface area contributed by atoms with E-state index in [1.807, 2.05) is 0 Å². The van der Waals surface area contributed by atoms with Crippen LogP contribution in [-0.2, 0) is 19.1 Å². The molecule has 8 heteroatoms. The van der Waals surface area contributed by atoms with Gasteiger partial charge in [-0.05, 0) is 20.0 Å². The highest BCUT2D eigenvalue weighted by Gasteiger charge is 2.07. The third-order valence-electron chi connectivity index (χ3n) is 4.62. The van der Waals surface area contributed by atoms with Crippen molar-refractivity contribution in [3.05, 3.63) is 0 Å². The first-order chi connectivity index (χ1) is 13.5. The Bertz CT molecular complexity index is 396. The number of carbonyl (C=O) groups is 2. The fourth-order valence-electron chi connectivity index (χ4n) is 2.69. The Morgan fingerprint density at radius 2 is 1.32 bits per heavy atom. The molecule has 8 nitrogen and oxygen atoms in total. The molecular formula is C20H42N4O4. The second kappa shape index (κ2) is 19.1. The average Bonchev–Trinajstić information content (AvgIpc) is 2.70. The van der Waals surface area contributed by atoms with Crippen molar-refractivity contribution in [3.63, 3.8) is 0 Å². The van der Waals surface area contributed by atoms with Crippen LogP contribution in [0.15, 0.2) is 0 Å². The summed E-state index contributed by atoms with van der Waals surface area (Å²) >= 11 is 0. The summed E-state index contributed by atoms with van der Waals surface area (Å²) in [5.74, 6) is -0.349. The van der Waals surface area contributed by atoms with Gasteiger partial charge in [-0.25, -0.2) is 0 Å². The summed E-state index contributed by atoms with van der Waals surface area (Å²) in [5, 5.41) is 6.59. The van der Waals surface area contributed by atoms with Gasteiger partial charge in [-0.1, -0.05) is 19.8 Å². The molecule has 0 atom stereocenters. The predicted molar refractivity (Wildman–Crippen MR) is 112 cm³/mol. The van der Waals surface area contributed by atoms with E-state index < -0.39 is 0 Å². The van der Waals surface area contributed by atoms with Crippen LogP contribution < -0.4 is 10.6 Å². The molecule has 0 rings (SSSR count). The SMILES string of the molecule is CCCCCN(CCNCCC(=O)OC)CCN(C)CCNCCC(=O)OC. The smallest absolute Gasteiger partial charge is 0.306 e. The van der Waals surface area contributed by atoms with E-state index in [9.17, 15) is 9.59 Å². The van der Waals surface area contributed by atoms with Crippen molar-refractivity contribution in [3.8, 4) is 0 Å². The summed E-state index contributed by atoms with van der Waals surface area (Å²) in [6.07, 6.45) is 4.53. The summed E-state index contributed by atoms with van der Waals surface area (Å²) < 4.78 is 9.28. The van der Waals surface area contributed by atoms with E-state index in [-0.39, 0.29) is 11.9 Å². The molecule has 0 aromatic carbocycles. The van der Waals surface area contributed by atoms with Crippen molar-refractivity contribution >= 4 is 11.9 Å². The topological polar surface area (TPSA) is 83.1 Å². The van der Waals surface area contributed by atoms with Gasteiger partial charge in [0.1, 0.15) is 0 Å². The van der Waals surface area contributed by atoms with Crippen molar-refractivity contribution in [1.29, 1.82) is 0 Å². The van der Waals surface area contributed by atoms with Crippen molar-refractivity contribution in [2.24, 2.45) is 0 Å². The average molecular weight is 403 g/mol. The standard InChI is InChI=1S/C20H42N4O4/c1-5-6-7-14-24(16-13-22-11-9-20(26)28-4)18-17-23(2)15-12-21-10-8-19(25)27-3/h21-22H,5-18H2,1-4H3. The van der Waals surface area contributed by atoms with Gasteiger partial charge < -0.3 is 29.9 Å². The minimum absolute atomic E-state index is 0.172. The van der Waals surface area contributed by atoms with Crippen LogP contribution in [0.2, 0.25) is 0 Å². The normalized spacial score (nSPS) is 11.2. The quantitative estimate of drug-likeness (QED) is 0.242. The van der Waals surface area contributed by atoms with Crippen LogP contribution in [0.4, 0.5) is 0 Å². The minimum atomic E-state index is -0.177. The van der Waals surface area contributed by atoms with Gasteiger partial charge >= 0.3 is 11.9 Å². The largest absolute Gasteiger partial charge is 0.469 e. The Morgan fingerprint density at radius 1 is 0.750 bits per heavy atom. The Morgan fingerprint density at radius 3 is 1.86 bits per heavy atom. The molecule has 0 amide bonds. The second-order valence-electron chi connectivity index (χ2n) is 7.00. The maximum Gasteiger partial charge on any atom is 0.306 e. The summed E-state index contributed by atoms with van der Waals surface area (Å²) in [4.78, 5) is 27.0. The molecule has 0 saturated heterocycles. The van der Waals surface area contributed by atoms with Crippen LogP contribution in [0, 0.1) is 0 Å². The Hall–Kier alpha value is -1.22. The van der Waals surface area contributed by atoms with Gasteiger partial charge in [0.25, 0.3) is 0 Å². The molecule has 28 heavy (non-hydrogen) atoms. The molecule has 166 valence electrons. The highest BCUT2D eigenvalue weighted by molar-refractivity contribution is 5.69. The summed E-state index contributed by atoms with van der Waals surface area (Å²) in [6.45, 7) is 10.3. The maximum atomic E-state index is 11.1. The van der Waals surface area contributed by atoms with Gasteiger partial charge in [-0.2, -0.15) is 0 Å². The first-order valence-corrected chi connectivity index (χ1v) is 10.5. The third kappa shape index (κ3) is 16.9. The van der Waals surface area contributed by atoms with Crippen LogP contribution in [-0.4, -0.2) is 102 Å². The van der Waals surface area contributed by atoms with Gasteiger partial charge in [0, 0.05) is 52.4 Å². The lowest BCUT2D eigenvalue weighted by molar-refractivity contribution is -0.141. The van der Waals surface area contributed by atoms with Crippen molar-refractivity contribution in [1.82, 2.24) is 20.4 Å². The highest BCUT2D eigenvalue weighted by Crippen LogP contribution is 1.99. The van der Waals surface area contributed by atoms with Gasteiger partial charge in [0.05, 0.1) is 27.1 Å². The van der Waals surface area contributed by atoms with E-state index >= 15 is 0 Å². The zero-order valence-corrected chi connectivity index (χ0v) is 18.4. The molecule has 0 spiro atoms. The van der Waals surface area contributed by atoms with Crippen LogP contribution in [0.5, 0.6) is 0 Å². The summed E-state index contributed by atoms with van der Waals surface area (Å²) in [5.41, 5.74) is 0. The molecule has 0 aliphatic rings. The Balaban J connectivity index is 3.94. The molecule has 0 radical (unpaired) electrons. The number of methoxy groups -OCH3 is 2. The predicted octanol–water partition coefficient (Wildman–Crippen LogP) is 0.716. The summed E-state index contributed by atoms with van der Waals surface area (Å²) in [6, 6.07) is 0. The number of likely N-dealkylation sites (N-methyl/N-ethyl adjacent to an activating group) is 1. The molecule has 0 aliphatic heterocycles. The lowest BCUT2D eigenvalue weighted by Crippen LogP contribution is -2.40. The molecule has 0 aromatic heterocycles. The van der Waals surface area contributed by atoms with E-state index in [0.29, 0.717) is 25.9 Å². The fourth-order valence-corrected chi connectivity index (χ4v) is 2.69. The molecule has 0 aliphatic carbocycles. The first-order valence-electron chi connectivity index (χ1n) is 10.5. The number of nitrogens with one attached hydrogen (secondary N) is 2. The van der Waals surface area contributed by atoms with Gasteiger partial charge in [0.15, 0.2) is 0 Å². The monoisotopic (exact) mass is 402 g/mol. The van der Waals surface area contributed by atoms with Crippen LogP contribution in [0.25, 0.3) is 0 Å². The number of hydrogen-bond acceptors (Lipinski definition) is 8. The number of carbonyl (C=O) groups excluding carboxylic acids is 2. The van der Waals surface area contributed by atoms with Gasteiger partial charge in [0.2, 0.25) is 0 Å². The minimum Gasteiger partial charge on any atom is -0.469 e.